The second kappa shape index (κ2) is 14.8. The third kappa shape index (κ3) is 7.18. The molecule has 1 aliphatic carbocycles. The summed E-state index contributed by atoms with van der Waals surface area (Å²) in [5.74, 6) is 1.02. The van der Waals surface area contributed by atoms with Gasteiger partial charge in [-0.15, -0.1) is 0 Å². The minimum atomic E-state index is -0.884. The summed E-state index contributed by atoms with van der Waals surface area (Å²) in [6.45, 7) is 0.371. The van der Waals surface area contributed by atoms with E-state index in [1.165, 1.54) is 6.42 Å². The molecule has 2 N–H and O–H groups in total. The fourth-order valence-corrected chi connectivity index (χ4v) is 6.27. The minimum Gasteiger partial charge on any atom is -0.493 e. The first kappa shape index (κ1) is 31.0. The summed E-state index contributed by atoms with van der Waals surface area (Å²) >= 11 is 0. The second-order valence-corrected chi connectivity index (χ2v) is 11.4. The molecule has 1 saturated carbocycles. The van der Waals surface area contributed by atoms with Crippen molar-refractivity contribution in [2.75, 3.05) is 27.9 Å². The quantitative estimate of drug-likeness (QED) is 0.186. The Labute approximate surface area is 259 Å². The van der Waals surface area contributed by atoms with Gasteiger partial charge in [-0.1, -0.05) is 67.8 Å². The zero-order valence-corrected chi connectivity index (χ0v) is 25.9. The standard InChI is InChI=1S/C36H43N3O5/c1-42-31-22-27(23-32(43-2)35(31)44-3)34(36(41)38-28-14-8-5-9-15-28)39(21-20-25-12-6-4-7-13-25)33(40)19-18-26-24-37-30-17-11-10-16-29(26)30/h4,6-7,10-13,16-17,22-24,28,34,37H,5,8-9,14-15,18-21H2,1-3H3,(H,38,41)/t34-/m0/s1. The van der Waals surface area contributed by atoms with Crippen molar-refractivity contribution in [1.82, 2.24) is 15.2 Å². The van der Waals surface area contributed by atoms with Gasteiger partial charge in [0.1, 0.15) is 6.04 Å². The lowest BCUT2D eigenvalue weighted by Crippen LogP contribution is -2.47. The number of nitrogens with zero attached hydrogens (tertiary/aromatic N) is 1. The van der Waals surface area contributed by atoms with Crippen LogP contribution in [0.25, 0.3) is 10.9 Å². The number of aromatic nitrogens is 1. The Balaban J connectivity index is 1.52. The Morgan fingerprint density at radius 3 is 2.25 bits per heavy atom. The number of amides is 2. The van der Waals surface area contributed by atoms with Crippen LogP contribution in [0.3, 0.4) is 0 Å². The molecule has 8 heteroatoms. The first-order chi connectivity index (χ1) is 21.5. The van der Waals surface area contributed by atoms with Gasteiger partial charge in [0.15, 0.2) is 11.5 Å². The number of carbonyl (C=O) groups excluding carboxylic acids is 2. The van der Waals surface area contributed by atoms with Crippen LogP contribution in [0.1, 0.15) is 61.3 Å². The lowest BCUT2D eigenvalue weighted by molar-refractivity contribution is -0.141. The first-order valence-corrected chi connectivity index (χ1v) is 15.5. The van der Waals surface area contributed by atoms with Crippen molar-refractivity contribution in [2.45, 2.75) is 63.5 Å². The minimum absolute atomic E-state index is 0.0816. The van der Waals surface area contributed by atoms with Crippen molar-refractivity contribution in [3.8, 4) is 17.2 Å². The number of aromatic amines is 1. The fraction of sp³-hybridized carbons (Fsp3) is 0.389. The number of methoxy groups -OCH3 is 3. The summed E-state index contributed by atoms with van der Waals surface area (Å²) in [6.07, 6.45) is 8.61. The number of rotatable bonds is 13. The van der Waals surface area contributed by atoms with E-state index >= 15 is 0 Å². The molecule has 1 fully saturated rings. The molecule has 0 spiro atoms. The van der Waals surface area contributed by atoms with Gasteiger partial charge in [-0.05, 0) is 60.6 Å². The maximum absolute atomic E-state index is 14.3. The third-order valence-corrected chi connectivity index (χ3v) is 8.60. The number of ether oxygens (including phenoxy) is 3. The summed E-state index contributed by atoms with van der Waals surface area (Å²) in [5.41, 5.74) is 3.82. The van der Waals surface area contributed by atoms with Crippen molar-refractivity contribution < 1.29 is 23.8 Å². The van der Waals surface area contributed by atoms with E-state index in [2.05, 4.69) is 16.4 Å². The number of nitrogens with one attached hydrogen (secondary N) is 2. The van der Waals surface area contributed by atoms with E-state index in [9.17, 15) is 9.59 Å². The van der Waals surface area contributed by atoms with Crippen LogP contribution in [0.15, 0.2) is 72.9 Å². The molecule has 3 aromatic carbocycles. The summed E-state index contributed by atoms with van der Waals surface area (Å²) in [6, 6.07) is 20.9. The summed E-state index contributed by atoms with van der Waals surface area (Å²) < 4.78 is 16.9. The number of para-hydroxylation sites is 1. The van der Waals surface area contributed by atoms with E-state index in [1.807, 2.05) is 54.7 Å². The number of hydrogen-bond donors (Lipinski definition) is 2. The van der Waals surface area contributed by atoms with Crippen molar-refractivity contribution >= 4 is 22.7 Å². The molecule has 1 aromatic heterocycles. The van der Waals surface area contributed by atoms with Gasteiger partial charge >= 0.3 is 0 Å². The molecule has 4 aromatic rings. The first-order valence-electron chi connectivity index (χ1n) is 15.5. The van der Waals surface area contributed by atoms with Crippen LogP contribution in [0.4, 0.5) is 0 Å². The van der Waals surface area contributed by atoms with Gasteiger partial charge in [-0.25, -0.2) is 0 Å². The zero-order valence-electron chi connectivity index (χ0n) is 25.9. The van der Waals surface area contributed by atoms with Gasteiger partial charge in [-0.2, -0.15) is 0 Å². The maximum atomic E-state index is 14.3. The zero-order chi connectivity index (χ0) is 30.9. The highest BCUT2D eigenvalue weighted by Gasteiger charge is 2.34. The number of H-pyrrole nitrogens is 1. The predicted octanol–water partition coefficient (Wildman–Crippen LogP) is 6.39. The normalized spacial score (nSPS) is 14.2. The van der Waals surface area contributed by atoms with Crippen molar-refractivity contribution in [2.24, 2.45) is 0 Å². The molecule has 8 nitrogen and oxygen atoms in total. The molecule has 0 saturated heterocycles. The summed E-state index contributed by atoms with van der Waals surface area (Å²) in [7, 11) is 4.66. The van der Waals surface area contributed by atoms with Crippen LogP contribution < -0.4 is 19.5 Å². The van der Waals surface area contributed by atoms with E-state index in [-0.39, 0.29) is 24.3 Å². The Morgan fingerprint density at radius 1 is 0.886 bits per heavy atom. The Bertz CT molecular complexity index is 1520. The second-order valence-electron chi connectivity index (χ2n) is 11.4. The van der Waals surface area contributed by atoms with Gasteiger partial charge in [0.25, 0.3) is 0 Å². The van der Waals surface area contributed by atoms with Crippen LogP contribution in [-0.2, 0) is 22.4 Å². The van der Waals surface area contributed by atoms with E-state index in [4.69, 9.17) is 14.2 Å². The van der Waals surface area contributed by atoms with Crippen LogP contribution in [0.2, 0.25) is 0 Å². The topological polar surface area (TPSA) is 92.9 Å². The SMILES string of the molecule is COc1cc([C@@H](C(=O)NC2CCCCC2)N(CCc2ccccc2)C(=O)CCc2c[nH]c3ccccc23)cc(OC)c1OC. The summed E-state index contributed by atoms with van der Waals surface area (Å²) in [4.78, 5) is 33.6. The molecule has 44 heavy (non-hydrogen) atoms. The van der Waals surface area contributed by atoms with Gasteiger partial charge in [0.2, 0.25) is 17.6 Å². The molecule has 1 atom stereocenters. The highest BCUT2D eigenvalue weighted by atomic mass is 16.5. The monoisotopic (exact) mass is 597 g/mol. The lowest BCUT2D eigenvalue weighted by Gasteiger charge is -2.34. The highest BCUT2D eigenvalue weighted by Crippen LogP contribution is 2.41. The number of aryl methyl sites for hydroxylation is 1. The number of hydrogen-bond acceptors (Lipinski definition) is 5. The van der Waals surface area contributed by atoms with Crippen LogP contribution in [0, 0.1) is 0 Å². The van der Waals surface area contributed by atoms with Crippen LogP contribution in [-0.4, -0.2) is 55.6 Å². The van der Waals surface area contributed by atoms with Gasteiger partial charge < -0.3 is 29.4 Å². The van der Waals surface area contributed by atoms with E-state index in [0.717, 1.165) is 47.7 Å². The smallest absolute Gasteiger partial charge is 0.247 e. The van der Waals surface area contributed by atoms with E-state index in [1.54, 1.807) is 38.4 Å². The van der Waals surface area contributed by atoms with Crippen LogP contribution >= 0.6 is 0 Å². The predicted molar refractivity (Wildman–Crippen MR) is 172 cm³/mol. The molecule has 5 rings (SSSR count). The average Bonchev–Trinajstić information content (AvgIpc) is 3.48. The maximum Gasteiger partial charge on any atom is 0.247 e. The van der Waals surface area contributed by atoms with Gasteiger partial charge in [-0.3, -0.25) is 9.59 Å². The Kier molecular flexibility index (Phi) is 10.4. The van der Waals surface area contributed by atoms with Crippen LogP contribution in [0.5, 0.6) is 17.2 Å². The molecule has 0 bridgehead atoms. The molecule has 2 amide bonds. The largest absolute Gasteiger partial charge is 0.493 e. The average molecular weight is 598 g/mol. The molecule has 0 unspecified atom stereocenters. The van der Waals surface area contributed by atoms with Crippen molar-refractivity contribution in [3.05, 3.63) is 89.6 Å². The molecular weight excluding hydrogens is 554 g/mol. The molecule has 232 valence electrons. The fourth-order valence-electron chi connectivity index (χ4n) is 6.27. The molecular formula is C36H43N3O5. The molecule has 0 radical (unpaired) electrons. The summed E-state index contributed by atoms with van der Waals surface area (Å²) in [5, 5.41) is 4.40. The molecule has 1 heterocycles. The third-order valence-electron chi connectivity index (χ3n) is 8.60. The molecule has 1 aliphatic rings. The lowest BCUT2D eigenvalue weighted by atomic mass is 9.94. The van der Waals surface area contributed by atoms with Gasteiger partial charge in [0, 0.05) is 36.1 Å². The van der Waals surface area contributed by atoms with E-state index < -0.39 is 6.04 Å². The van der Waals surface area contributed by atoms with Gasteiger partial charge in [0.05, 0.1) is 21.3 Å². The number of benzene rings is 3. The van der Waals surface area contributed by atoms with Crippen molar-refractivity contribution in [1.29, 1.82) is 0 Å². The Hall–Kier alpha value is -4.46. The number of fused-ring (bicyclic) bond motifs is 1. The highest BCUT2D eigenvalue weighted by molar-refractivity contribution is 5.90. The van der Waals surface area contributed by atoms with Crippen molar-refractivity contribution in [3.63, 3.8) is 0 Å². The number of carbonyl (C=O) groups is 2. The molecule has 0 aliphatic heterocycles. The van der Waals surface area contributed by atoms with E-state index in [0.29, 0.717) is 42.2 Å². The Morgan fingerprint density at radius 2 is 1.57 bits per heavy atom.